The summed E-state index contributed by atoms with van der Waals surface area (Å²) in [5, 5.41) is 3.46. The fraction of sp³-hybridized carbons (Fsp3) is 0.444. The molecular formula is C18H29N. The Labute approximate surface area is 119 Å². The van der Waals surface area contributed by atoms with Crippen molar-refractivity contribution in [3.8, 4) is 0 Å². The Hall–Kier alpha value is -1.50. The van der Waals surface area contributed by atoms with Gasteiger partial charge in [0, 0.05) is 17.8 Å². The predicted molar refractivity (Wildman–Crippen MR) is 87.9 cm³/mol. The van der Waals surface area contributed by atoms with Crippen LogP contribution in [0.2, 0.25) is 0 Å². The first-order valence-electron chi connectivity index (χ1n) is 7.13. The molecule has 1 aliphatic rings. The van der Waals surface area contributed by atoms with Gasteiger partial charge in [0.2, 0.25) is 0 Å². The molecule has 0 aliphatic carbocycles. The van der Waals surface area contributed by atoms with Crippen LogP contribution in [0.15, 0.2) is 59.0 Å². The molecule has 0 radical (unpaired) electrons. The summed E-state index contributed by atoms with van der Waals surface area (Å²) in [6, 6.07) is 0. The Bertz CT molecular complexity index is 409. The fourth-order valence-corrected chi connectivity index (χ4v) is 1.83. The van der Waals surface area contributed by atoms with Gasteiger partial charge in [-0.2, -0.15) is 0 Å². The minimum atomic E-state index is 0.979. The first-order chi connectivity index (χ1) is 9.04. The normalized spacial score (nSPS) is 14.8. The smallest absolute Gasteiger partial charge is 0.0380 e. The molecule has 0 bridgehead atoms. The SMILES string of the molecule is C=C/C=C1\CC=C(C(CC=C(C)C)=C(C)C)N1.CC. The predicted octanol–water partition coefficient (Wildman–Crippen LogP) is 5.65. The van der Waals surface area contributed by atoms with Gasteiger partial charge in [0.05, 0.1) is 0 Å². The third-order valence-corrected chi connectivity index (χ3v) is 2.78. The molecule has 106 valence electrons. The van der Waals surface area contributed by atoms with Gasteiger partial charge in [-0.05, 0) is 45.8 Å². The van der Waals surface area contributed by atoms with Gasteiger partial charge in [0.25, 0.3) is 0 Å². The zero-order valence-electron chi connectivity index (χ0n) is 13.4. The Morgan fingerprint density at radius 1 is 1.26 bits per heavy atom. The van der Waals surface area contributed by atoms with Crippen LogP contribution in [-0.4, -0.2) is 0 Å². The highest BCUT2D eigenvalue weighted by Crippen LogP contribution is 2.24. The second kappa shape index (κ2) is 9.43. The van der Waals surface area contributed by atoms with E-state index in [0.29, 0.717) is 0 Å². The molecule has 1 rings (SSSR count). The molecule has 0 saturated carbocycles. The van der Waals surface area contributed by atoms with E-state index in [9.17, 15) is 0 Å². The highest BCUT2D eigenvalue weighted by atomic mass is 14.9. The van der Waals surface area contributed by atoms with Gasteiger partial charge < -0.3 is 5.32 Å². The molecule has 1 heteroatoms. The van der Waals surface area contributed by atoms with E-state index in [2.05, 4.69) is 51.7 Å². The molecule has 0 spiro atoms. The maximum absolute atomic E-state index is 3.73. The second-order valence-corrected chi connectivity index (χ2v) is 4.84. The molecule has 0 fully saturated rings. The standard InChI is InChI=1S/C16H23N.C2H6/c1-6-7-14-9-11-16(17-14)15(13(4)5)10-8-12(2)3;1-2/h6-8,11,17H,1,9-10H2,2-5H3;1-2H3/b14-7+;. The van der Waals surface area contributed by atoms with Crippen LogP contribution in [0.4, 0.5) is 0 Å². The van der Waals surface area contributed by atoms with Crippen LogP contribution < -0.4 is 5.32 Å². The number of rotatable bonds is 4. The molecule has 0 unspecified atom stereocenters. The number of allylic oxidation sites excluding steroid dienone is 7. The zero-order chi connectivity index (χ0) is 14.8. The van der Waals surface area contributed by atoms with Crippen molar-refractivity contribution in [2.75, 3.05) is 0 Å². The molecule has 19 heavy (non-hydrogen) atoms. The molecule has 0 amide bonds. The van der Waals surface area contributed by atoms with Crippen LogP contribution in [0.25, 0.3) is 0 Å². The first kappa shape index (κ1) is 17.5. The average Bonchev–Trinajstić information content (AvgIpc) is 2.80. The largest absolute Gasteiger partial charge is 0.359 e. The van der Waals surface area contributed by atoms with Crippen LogP contribution in [-0.2, 0) is 0 Å². The second-order valence-electron chi connectivity index (χ2n) is 4.84. The van der Waals surface area contributed by atoms with Gasteiger partial charge in [-0.25, -0.2) is 0 Å². The number of hydrogen-bond donors (Lipinski definition) is 1. The molecular weight excluding hydrogens is 230 g/mol. The first-order valence-corrected chi connectivity index (χ1v) is 7.13. The van der Waals surface area contributed by atoms with Gasteiger partial charge >= 0.3 is 0 Å². The molecule has 0 saturated heterocycles. The van der Waals surface area contributed by atoms with Gasteiger partial charge in [-0.1, -0.05) is 49.8 Å². The molecule has 0 atom stereocenters. The van der Waals surface area contributed by atoms with E-state index in [0.717, 1.165) is 12.8 Å². The summed E-state index contributed by atoms with van der Waals surface area (Å²) >= 11 is 0. The van der Waals surface area contributed by atoms with Gasteiger partial charge in [-0.3, -0.25) is 0 Å². The zero-order valence-corrected chi connectivity index (χ0v) is 13.4. The van der Waals surface area contributed by atoms with E-state index in [-0.39, 0.29) is 0 Å². The highest BCUT2D eigenvalue weighted by molar-refractivity contribution is 5.41. The Morgan fingerprint density at radius 2 is 1.89 bits per heavy atom. The average molecular weight is 259 g/mol. The lowest BCUT2D eigenvalue weighted by Gasteiger charge is -2.11. The van der Waals surface area contributed by atoms with Crippen molar-refractivity contribution in [2.24, 2.45) is 0 Å². The van der Waals surface area contributed by atoms with E-state index < -0.39 is 0 Å². The molecule has 1 aliphatic heterocycles. The molecule has 0 aromatic heterocycles. The van der Waals surface area contributed by atoms with E-state index in [1.807, 2.05) is 26.0 Å². The summed E-state index contributed by atoms with van der Waals surface area (Å²) in [5.74, 6) is 0. The van der Waals surface area contributed by atoms with Gasteiger partial charge in [0.15, 0.2) is 0 Å². The minimum Gasteiger partial charge on any atom is -0.359 e. The summed E-state index contributed by atoms with van der Waals surface area (Å²) in [4.78, 5) is 0. The minimum absolute atomic E-state index is 0.979. The summed E-state index contributed by atoms with van der Waals surface area (Å²) in [6.07, 6.45) is 10.4. The Balaban J connectivity index is 0.00000154. The topological polar surface area (TPSA) is 12.0 Å². The lowest BCUT2D eigenvalue weighted by Crippen LogP contribution is -2.08. The third kappa shape index (κ3) is 6.28. The van der Waals surface area contributed by atoms with Crippen molar-refractivity contribution in [3.63, 3.8) is 0 Å². The van der Waals surface area contributed by atoms with Crippen molar-refractivity contribution < 1.29 is 0 Å². The van der Waals surface area contributed by atoms with Crippen molar-refractivity contribution in [3.05, 3.63) is 59.0 Å². The molecule has 0 aromatic carbocycles. The lowest BCUT2D eigenvalue weighted by molar-refractivity contribution is 0.976. The van der Waals surface area contributed by atoms with Crippen LogP contribution in [0.1, 0.15) is 54.4 Å². The van der Waals surface area contributed by atoms with Crippen LogP contribution in [0, 0.1) is 0 Å². The number of hydrogen-bond acceptors (Lipinski definition) is 1. The Morgan fingerprint density at radius 3 is 2.37 bits per heavy atom. The van der Waals surface area contributed by atoms with E-state index in [4.69, 9.17) is 0 Å². The monoisotopic (exact) mass is 259 g/mol. The molecule has 1 heterocycles. The molecule has 1 nitrogen and oxygen atoms in total. The fourth-order valence-electron chi connectivity index (χ4n) is 1.83. The van der Waals surface area contributed by atoms with Gasteiger partial charge in [-0.15, -0.1) is 0 Å². The van der Waals surface area contributed by atoms with Crippen LogP contribution >= 0.6 is 0 Å². The van der Waals surface area contributed by atoms with Crippen LogP contribution in [0.5, 0.6) is 0 Å². The van der Waals surface area contributed by atoms with Crippen LogP contribution in [0.3, 0.4) is 0 Å². The van der Waals surface area contributed by atoms with Crippen molar-refractivity contribution >= 4 is 0 Å². The summed E-state index contributed by atoms with van der Waals surface area (Å²) in [5.41, 5.74) is 6.63. The maximum atomic E-state index is 3.73. The third-order valence-electron chi connectivity index (χ3n) is 2.78. The molecule has 0 aromatic rings. The van der Waals surface area contributed by atoms with E-state index in [1.165, 1.54) is 28.1 Å². The van der Waals surface area contributed by atoms with E-state index >= 15 is 0 Å². The highest BCUT2D eigenvalue weighted by Gasteiger charge is 2.12. The molecule has 1 N–H and O–H groups in total. The van der Waals surface area contributed by atoms with Crippen molar-refractivity contribution in [1.82, 2.24) is 5.32 Å². The maximum Gasteiger partial charge on any atom is 0.0380 e. The number of nitrogens with one attached hydrogen (secondary N) is 1. The summed E-state index contributed by atoms with van der Waals surface area (Å²) in [7, 11) is 0. The summed E-state index contributed by atoms with van der Waals surface area (Å²) in [6.45, 7) is 16.4. The van der Waals surface area contributed by atoms with Gasteiger partial charge in [0.1, 0.15) is 0 Å². The van der Waals surface area contributed by atoms with Crippen molar-refractivity contribution in [2.45, 2.75) is 54.4 Å². The lowest BCUT2D eigenvalue weighted by atomic mass is 10.0. The van der Waals surface area contributed by atoms with Crippen molar-refractivity contribution in [1.29, 1.82) is 0 Å². The van der Waals surface area contributed by atoms with E-state index in [1.54, 1.807) is 0 Å². The quantitative estimate of drug-likeness (QED) is 0.643. The Kier molecular flexibility index (Phi) is 8.69. The summed E-state index contributed by atoms with van der Waals surface area (Å²) < 4.78 is 0.